The highest BCUT2D eigenvalue weighted by molar-refractivity contribution is 9.10. The van der Waals surface area contributed by atoms with Crippen LogP contribution in [0.1, 0.15) is 55.5 Å². The molecule has 4 nitrogen and oxygen atoms in total. The van der Waals surface area contributed by atoms with Gasteiger partial charge in [0.15, 0.2) is 0 Å². The molecule has 0 saturated carbocycles. The number of hydrogen-bond acceptors (Lipinski definition) is 3. The van der Waals surface area contributed by atoms with Crippen molar-refractivity contribution in [1.82, 2.24) is 10.2 Å². The van der Waals surface area contributed by atoms with E-state index in [1.165, 1.54) is 12.8 Å². The van der Waals surface area contributed by atoms with Crippen molar-refractivity contribution in [3.63, 3.8) is 0 Å². The molecule has 3 aliphatic rings. The Hall–Kier alpha value is -1.07. The zero-order valence-electron chi connectivity index (χ0n) is 14.6. The molecule has 2 saturated heterocycles. The summed E-state index contributed by atoms with van der Waals surface area (Å²) < 4.78 is 7.01. The van der Waals surface area contributed by atoms with E-state index in [1.807, 2.05) is 6.07 Å². The summed E-state index contributed by atoms with van der Waals surface area (Å²) in [7, 11) is 2.22. The maximum atomic E-state index is 12.9. The van der Waals surface area contributed by atoms with E-state index in [2.05, 4.69) is 53.1 Å². The molecule has 1 aromatic rings. The van der Waals surface area contributed by atoms with Crippen LogP contribution in [0.5, 0.6) is 5.75 Å². The van der Waals surface area contributed by atoms with Crippen LogP contribution in [0.2, 0.25) is 0 Å². The minimum absolute atomic E-state index is 0.000738. The molecule has 2 atom stereocenters. The quantitative estimate of drug-likeness (QED) is 0.836. The van der Waals surface area contributed by atoms with Gasteiger partial charge >= 0.3 is 0 Å². The molecule has 2 fully saturated rings. The van der Waals surface area contributed by atoms with E-state index in [0.29, 0.717) is 17.6 Å². The first-order chi connectivity index (χ1) is 11.3. The maximum Gasteiger partial charge on any atom is 0.255 e. The SMILES string of the molecule is CN1C2CCC1CC(NC(=O)c1cc(Br)cc3c1OC(C)(C)C3)C2. The molecule has 2 bridgehead atoms. The van der Waals surface area contributed by atoms with Crippen LogP contribution in [-0.4, -0.2) is 41.6 Å². The van der Waals surface area contributed by atoms with Crippen molar-refractivity contribution >= 4 is 21.8 Å². The van der Waals surface area contributed by atoms with Crippen molar-refractivity contribution in [2.75, 3.05) is 7.05 Å². The van der Waals surface area contributed by atoms with Crippen LogP contribution in [0.4, 0.5) is 0 Å². The van der Waals surface area contributed by atoms with Crippen molar-refractivity contribution in [2.24, 2.45) is 0 Å². The number of benzene rings is 1. The lowest BCUT2D eigenvalue weighted by molar-refractivity contribution is 0.0870. The number of nitrogens with one attached hydrogen (secondary N) is 1. The molecule has 4 rings (SSSR count). The fraction of sp³-hybridized carbons (Fsp3) is 0.632. The predicted molar refractivity (Wildman–Crippen MR) is 97.6 cm³/mol. The van der Waals surface area contributed by atoms with E-state index < -0.39 is 0 Å². The van der Waals surface area contributed by atoms with Gasteiger partial charge in [0.25, 0.3) is 5.91 Å². The van der Waals surface area contributed by atoms with E-state index >= 15 is 0 Å². The Morgan fingerprint density at radius 1 is 1.29 bits per heavy atom. The number of rotatable bonds is 2. The third kappa shape index (κ3) is 2.86. The fourth-order valence-corrected chi connectivity index (χ4v) is 5.14. The molecule has 24 heavy (non-hydrogen) atoms. The van der Waals surface area contributed by atoms with Crippen molar-refractivity contribution in [3.05, 3.63) is 27.7 Å². The van der Waals surface area contributed by atoms with Crippen LogP contribution in [0.3, 0.4) is 0 Å². The standard InChI is InChI=1S/C19H25BrN2O2/c1-19(2)10-11-6-12(20)7-16(17(11)24-19)18(23)21-13-8-14-4-5-15(9-13)22(14)3/h6-7,13-15H,4-5,8-10H2,1-3H3,(H,21,23). The molecule has 2 unspecified atom stereocenters. The van der Waals surface area contributed by atoms with Gasteiger partial charge in [0.1, 0.15) is 11.4 Å². The summed E-state index contributed by atoms with van der Waals surface area (Å²) >= 11 is 3.54. The zero-order valence-corrected chi connectivity index (χ0v) is 16.1. The Morgan fingerprint density at radius 2 is 1.96 bits per heavy atom. The topological polar surface area (TPSA) is 41.6 Å². The van der Waals surface area contributed by atoms with Gasteiger partial charge < -0.3 is 15.0 Å². The molecule has 3 aliphatic heterocycles. The minimum Gasteiger partial charge on any atom is -0.486 e. The number of carbonyl (C=O) groups is 1. The third-order valence-electron chi connectivity index (χ3n) is 5.80. The molecule has 5 heteroatoms. The van der Waals surface area contributed by atoms with Gasteiger partial charge in [-0.15, -0.1) is 0 Å². The first-order valence-electron chi connectivity index (χ1n) is 8.86. The molecule has 1 aromatic carbocycles. The summed E-state index contributed by atoms with van der Waals surface area (Å²) in [6, 6.07) is 5.47. The number of nitrogens with zero attached hydrogens (tertiary/aromatic N) is 1. The maximum absolute atomic E-state index is 12.9. The number of hydrogen-bond donors (Lipinski definition) is 1. The minimum atomic E-state index is -0.245. The molecule has 0 radical (unpaired) electrons. The number of amides is 1. The summed E-state index contributed by atoms with van der Waals surface area (Å²) in [5, 5.41) is 3.27. The number of carbonyl (C=O) groups excluding carboxylic acids is 1. The van der Waals surface area contributed by atoms with Crippen LogP contribution in [-0.2, 0) is 6.42 Å². The highest BCUT2D eigenvalue weighted by atomic mass is 79.9. The first kappa shape index (κ1) is 16.4. The van der Waals surface area contributed by atoms with E-state index in [4.69, 9.17) is 4.74 Å². The smallest absolute Gasteiger partial charge is 0.255 e. The Bertz CT molecular complexity index is 674. The van der Waals surface area contributed by atoms with Crippen LogP contribution >= 0.6 is 15.9 Å². The van der Waals surface area contributed by atoms with Crippen molar-refractivity contribution in [2.45, 2.75) is 69.7 Å². The van der Waals surface area contributed by atoms with Gasteiger partial charge in [0.05, 0.1) is 5.56 Å². The van der Waals surface area contributed by atoms with E-state index in [-0.39, 0.29) is 17.6 Å². The Labute approximate surface area is 152 Å². The molecular formula is C19H25BrN2O2. The number of fused-ring (bicyclic) bond motifs is 3. The zero-order chi connectivity index (χ0) is 17.1. The summed E-state index contributed by atoms with van der Waals surface area (Å²) in [4.78, 5) is 15.4. The average molecular weight is 393 g/mol. The summed E-state index contributed by atoms with van der Waals surface area (Å²) in [5.74, 6) is 0.760. The third-order valence-corrected chi connectivity index (χ3v) is 6.26. The summed E-state index contributed by atoms with van der Waals surface area (Å²) in [6.07, 6.45) is 5.47. The second-order valence-corrected chi connectivity index (χ2v) is 9.09. The van der Waals surface area contributed by atoms with Crippen LogP contribution in [0.15, 0.2) is 16.6 Å². The average Bonchev–Trinajstić information content (AvgIpc) is 2.88. The fourth-order valence-electron chi connectivity index (χ4n) is 4.63. The molecule has 3 heterocycles. The van der Waals surface area contributed by atoms with Gasteiger partial charge in [-0.3, -0.25) is 4.79 Å². The molecule has 1 amide bonds. The normalized spacial score (nSPS) is 30.8. The molecule has 0 aliphatic carbocycles. The second kappa shape index (κ2) is 5.73. The van der Waals surface area contributed by atoms with Gasteiger partial charge in [-0.2, -0.15) is 0 Å². The lowest BCUT2D eigenvalue weighted by Gasteiger charge is -2.36. The van der Waals surface area contributed by atoms with Gasteiger partial charge in [0, 0.05) is 34.6 Å². The first-order valence-corrected chi connectivity index (χ1v) is 9.66. The molecule has 0 aromatic heterocycles. The molecular weight excluding hydrogens is 368 g/mol. The molecule has 130 valence electrons. The number of piperidine rings is 1. The lowest BCUT2D eigenvalue weighted by atomic mass is 9.97. The summed E-state index contributed by atoms with van der Waals surface area (Å²) in [5.41, 5.74) is 1.53. The Morgan fingerprint density at radius 3 is 2.62 bits per heavy atom. The van der Waals surface area contributed by atoms with Gasteiger partial charge in [0.2, 0.25) is 0 Å². The van der Waals surface area contributed by atoms with Crippen molar-refractivity contribution in [3.8, 4) is 5.75 Å². The Kier molecular flexibility index (Phi) is 3.92. The van der Waals surface area contributed by atoms with Crippen LogP contribution < -0.4 is 10.1 Å². The Balaban J connectivity index is 1.54. The van der Waals surface area contributed by atoms with Crippen LogP contribution in [0.25, 0.3) is 0 Å². The van der Waals surface area contributed by atoms with Gasteiger partial charge in [-0.1, -0.05) is 15.9 Å². The van der Waals surface area contributed by atoms with Gasteiger partial charge in [-0.25, -0.2) is 0 Å². The highest BCUT2D eigenvalue weighted by Crippen LogP contribution is 2.40. The second-order valence-electron chi connectivity index (χ2n) is 8.17. The largest absolute Gasteiger partial charge is 0.486 e. The monoisotopic (exact) mass is 392 g/mol. The van der Waals surface area contributed by atoms with Crippen LogP contribution in [0, 0.1) is 0 Å². The van der Waals surface area contributed by atoms with Gasteiger partial charge in [-0.05, 0) is 58.7 Å². The molecule has 0 spiro atoms. The predicted octanol–water partition coefficient (Wildman–Crippen LogP) is 3.52. The van der Waals surface area contributed by atoms with Crippen molar-refractivity contribution < 1.29 is 9.53 Å². The highest BCUT2D eigenvalue weighted by Gasteiger charge is 2.39. The van der Waals surface area contributed by atoms with Crippen molar-refractivity contribution in [1.29, 1.82) is 0 Å². The van der Waals surface area contributed by atoms with E-state index in [1.54, 1.807) is 0 Å². The molecule has 1 N–H and O–H groups in total. The van der Waals surface area contributed by atoms with E-state index in [9.17, 15) is 4.79 Å². The lowest BCUT2D eigenvalue weighted by Crippen LogP contribution is -2.48. The van der Waals surface area contributed by atoms with E-state index in [0.717, 1.165) is 35.0 Å². The summed E-state index contributed by atoms with van der Waals surface area (Å²) in [6.45, 7) is 4.13. The number of ether oxygens (including phenoxy) is 1. The number of halogens is 1.